The van der Waals surface area contributed by atoms with Gasteiger partial charge in [-0.3, -0.25) is 14.5 Å². The number of aromatic nitrogens is 1. The topological polar surface area (TPSA) is 73.7 Å². The van der Waals surface area contributed by atoms with Crippen LogP contribution < -0.4 is 9.80 Å². The summed E-state index contributed by atoms with van der Waals surface area (Å²) in [5.74, 6) is -3.12. The number of aliphatic hydroxyl groups is 1. The fraction of sp³-hybridized carbons (Fsp3) is 0.115. The van der Waals surface area contributed by atoms with Gasteiger partial charge in [0.15, 0.2) is 5.13 Å². The SMILES string of the molecule is CN(C)c1ccc(C2C(=C(O)c3ccc(F)cc3)C(=O)C(=O)N2c2nc3ccc(F)cc3s2)cc1. The molecule has 1 fully saturated rings. The Morgan fingerprint density at radius 1 is 0.971 bits per heavy atom. The average molecular weight is 492 g/mol. The largest absolute Gasteiger partial charge is 0.507 e. The molecule has 1 atom stereocenters. The zero-order valence-corrected chi connectivity index (χ0v) is 19.5. The molecule has 3 aromatic carbocycles. The first-order chi connectivity index (χ1) is 16.7. The number of nitrogens with zero attached hydrogens (tertiary/aromatic N) is 3. The van der Waals surface area contributed by atoms with Crippen molar-refractivity contribution in [2.24, 2.45) is 0 Å². The summed E-state index contributed by atoms with van der Waals surface area (Å²) in [7, 11) is 3.77. The van der Waals surface area contributed by atoms with Gasteiger partial charge in [0.2, 0.25) is 0 Å². The van der Waals surface area contributed by atoms with E-state index in [-0.39, 0.29) is 16.3 Å². The molecule has 6 nitrogen and oxygen atoms in total. The molecule has 176 valence electrons. The van der Waals surface area contributed by atoms with Crippen LogP contribution in [0.1, 0.15) is 17.2 Å². The zero-order valence-electron chi connectivity index (χ0n) is 18.7. The van der Waals surface area contributed by atoms with Gasteiger partial charge in [-0.1, -0.05) is 23.5 Å². The van der Waals surface area contributed by atoms with E-state index in [0.29, 0.717) is 15.8 Å². The Hall–Kier alpha value is -4.11. The Balaban J connectivity index is 1.71. The van der Waals surface area contributed by atoms with E-state index in [1.54, 1.807) is 12.1 Å². The molecule has 9 heteroatoms. The van der Waals surface area contributed by atoms with E-state index in [1.807, 2.05) is 31.1 Å². The van der Waals surface area contributed by atoms with Crippen LogP contribution >= 0.6 is 11.3 Å². The van der Waals surface area contributed by atoms with Crippen molar-refractivity contribution in [2.45, 2.75) is 6.04 Å². The van der Waals surface area contributed by atoms with Crippen molar-refractivity contribution in [3.05, 3.63) is 95.1 Å². The average Bonchev–Trinajstić information content (AvgIpc) is 3.37. The number of carbonyl (C=O) groups excluding carboxylic acids is 2. The summed E-state index contributed by atoms with van der Waals surface area (Å²) in [6, 6.07) is 15.3. The van der Waals surface area contributed by atoms with Crippen molar-refractivity contribution in [2.75, 3.05) is 23.9 Å². The minimum atomic E-state index is -0.985. The fourth-order valence-corrected chi connectivity index (χ4v) is 5.07. The second kappa shape index (κ2) is 8.59. The number of rotatable bonds is 4. The lowest BCUT2D eigenvalue weighted by atomic mass is 9.95. The van der Waals surface area contributed by atoms with Gasteiger partial charge in [-0.2, -0.15) is 0 Å². The van der Waals surface area contributed by atoms with Crippen molar-refractivity contribution < 1.29 is 23.5 Å². The normalized spacial score (nSPS) is 17.4. The van der Waals surface area contributed by atoms with Gasteiger partial charge in [-0.25, -0.2) is 13.8 Å². The van der Waals surface area contributed by atoms with E-state index in [9.17, 15) is 23.5 Å². The van der Waals surface area contributed by atoms with Gasteiger partial charge in [-0.05, 0) is 60.2 Å². The maximum absolute atomic E-state index is 13.8. The van der Waals surface area contributed by atoms with Crippen LogP contribution in [0.25, 0.3) is 16.0 Å². The first-order valence-electron chi connectivity index (χ1n) is 10.6. The highest BCUT2D eigenvalue weighted by Crippen LogP contribution is 2.44. The Morgan fingerprint density at radius 3 is 2.29 bits per heavy atom. The van der Waals surface area contributed by atoms with Crippen LogP contribution in [0, 0.1) is 11.6 Å². The molecule has 1 N–H and O–H groups in total. The van der Waals surface area contributed by atoms with Gasteiger partial charge in [0.25, 0.3) is 5.78 Å². The number of hydrogen-bond donors (Lipinski definition) is 1. The fourth-order valence-electron chi connectivity index (χ4n) is 4.05. The van der Waals surface area contributed by atoms with Crippen LogP contribution in [0.4, 0.5) is 19.6 Å². The summed E-state index contributed by atoms with van der Waals surface area (Å²) < 4.78 is 27.7. The number of fused-ring (bicyclic) bond motifs is 1. The van der Waals surface area contributed by atoms with Crippen molar-refractivity contribution in [3.8, 4) is 0 Å². The maximum Gasteiger partial charge on any atom is 0.301 e. The molecule has 4 aromatic rings. The number of halogens is 2. The Morgan fingerprint density at radius 2 is 1.63 bits per heavy atom. The molecule has 1 aromatic heterocycles. The summed E-state index contributed by atoms with van der Waals surface area (Å²) in [4.78, 5) is 34.1. The quantitative estimate of drug-likeness (QED) is 0.239. The zero-order chi connectivity index (χ0) is 24.9. The summed E-state index contributed by atoms with van der Waals surface area (Å²) >= 11 is 1.07. The highest BCUT2D eigenvalue weighted by Gasteiger charge is 2.48. The van der Waals surface area contributed by atoms with Crippen LogP contribution in [0.2, 0.25) is 0 Å². The van der Waals surface area contributed by atoms with Gasteiger partial charge >= 0.3 is 5.91 Å². The van der Waals surface area contributed by atoms with E-state index >= 15 is 0 Å². The molecule has 2 heterocycles. The molecule has 1 unspecified atom stereocenters. The first kappa shape index (κ1) is 22.7. The number of ketones is 1. The van der Waals surface area contributed by atoms with Crippen LogP contribution in [0.3, 0.4) is 0 Å². The maximum atomic E-state index is 13.8. The van der Waals surface area contributed by atoms with Gasteiger partial charge in [0.05, 0.1) is 21.8 Å². The van der Waals surface area contributed by atoms with Crippen LogP contribution in [0.5, 0.6) is 0 Å². The molecular formula is C26H19F2N3O3S. The summed E-state index contributed by atoms with van der Waals surface area (Å²) in [5, 5.41) is 11.3. The Kier molecular flexibility index (Phi) is 5.56. The highest BCUT2D eigenvalue weighted by atomic mass is 32.1. The smallest absolute Gasteiger partial charge is 0.301 e. The van der Waals surface area contributed by atoms with E-state index in [1.165, 1.54) is 35.2 Å². The Bertz CT molecular complexity index is 1490. The minimum Gasteiger partial charge on any atom is -0.507 e. The molecule has 35 heavy (non-hydrogen) atoms. The van der Waals surface area contributed by atoms with Gasteiger partial charge in [0, 0.05) is 25.3 Å². The minimum absolute atomic E-state index is 0.135. The molecule has 1 aliphatic rings. The third kappa shape index (κ3) is 3.93. The predicted octanol–water partition coefficient (Wildman–Crippen LogP) is 5.27. The summed E-state index contributed by atoms with van der Waals surface area (Å²) in [6.45, 7) is 0. The summed E-state index contributed by atoms with van der Waals surface area (Å²) in [5.41, 5.74) is 2.02. The second-order valence-electron chi connectivity index (χ2n) is 8.27. The van der Waals surface area contributed by atoms with Crippen LogP contribution in [0.15, 0.2) is 72.3 Å². The molecule has 5 rings (SSSR count). The van der Waals surface area contributed by atoms with Gasteiger partial charge in [0.1, 0.15) is 17.4 Å². The number of anilines is 2. The van der Waals surface area contributed by atoms with E-state index < -0.39 is 35.1 Å². The molecule has 1 saturated heterocycles. The first-order valence-corrected chi connectivity index (χ1v) is 11.5. The third-order valence-electron chi connectivity index (χ3n) is 5.83. The second-order valence-corrected chi connectivity index (χ2v) is 9.28. The standard InChI is InChI=1S/C26H19F2N3O3S/c1-30(2)18-10-5-14(6-11-18)22-21(23(32)15-3-7-16(27)8-4-15)24(33)25(34)31(22)26-29-19-12-9-17(28)13-20(19)35-26/h3-13,22,32H,1-2H3. The number of amides is 1. The molecule has 1 aliphatic heterocycles. The number of hydrogen-bond acceptors (Lipinski definition) is 6. The molecule has 0 saturated carbocycles. The van der Waals surface area contributed by atoms with Gasteiger partial charge in [-0.15, -0.1) is 0 Å². The van der Waals surface area contributed by atoms with Crippen LogP contribution in [-0.4, -0.2) is 35.9 Å². The third-order valence-corrected chi connectivity index (χ3v) is 6.85. The predicted molar refractivity (Wildman–Crippen MR) is 132 cm³/mol. The van der Waals surface area contributed by atoms with Crippen molar-refractivity contribution in [1.82, 2.24) is 4.98 Å². The number of carbonyl (C=O) groups is 2. The summed E-state index contributed by atoms with van der Waals surface area (Å²) in [6.07, 6.45) is 0. The number of aliphatic hydroxyl groups excluding tert-OH is 1. The molecular weight excluding hydrogens is 472 g/mol. The molecule has 0 radical (unpaired) electrons. The molecule has 0 aliphatic carbocycles. The molecule has 1 amide bonds. The monoisotopic (exact) mass is 491 g/mol. The number of Topliss-reactive ketones (excluding diaryl/α,β-unsaturated/α-hetero) is 1. The van der Waals surface area contributed by atoms with Crippen molar-refractivity contribution in [1.29, 1.82) is 0 Å². The lowest BCUT2D eigenvalue weighted by Gasteiger charge is -2.23. The molecule has 0 bridgehead atoms. The van der Waals surface area contributed by atoms with E-state index in [2.05, 4.69) is 4.98 Å². The van der Waals surface area contributed by atoms with Crippen molar-refractivity contribution in [3.63, 3.8) is 0 Å². The van der Waals surface area contributed by atoms with Crippen molar-refractivity contribution >= 4 is 49.8 Å². The highest BCUT2D eigenvalue weighted by molar-refractivity contribution is 7.22. The van der Waals surface area contributed by atoms with Gasteiger partial charge < -0.3 is 10.0 Å². The Labute approximate surface area is 203 Å². The number of thiazole rings is 1. The van der Waals surface area contributed by atoms with Crippen LogP contribution in [-0.2, 0) is 9.59 Å². The lowest BCUT2D eigenvalue weighted by molar-refractivity contribution is -0.132. The molecule has 0 spiro atoms. The lowest BCUT2D eigenvalue weighted by Crippen LogP contribution is -2.29. The van der Waals surface area contributed by atoms with E-state index in [0.717, 1.165) is 29.2 Å². The number of benzene rings is 3. The van der Waals surface area contributed by atoms with E-state index in [4.69, 9.17) is 0 Å².